The molecule has 0 heterocycles. The van der Waals surface area contributed by atoms with Crippen molar-refractivity contribution in [2.75, 3.05) is 13.1 Å². The van der Waals surface area contributed by atoms with Crippen molar-refractivity contribution < 1.29 is 0 Å². The minimum absolute atomic E-state index is 0.762. The molecule has 2 aliphatic carbocycles. The van der Waals surface area contributed by atoms with E-state index in [1.54, 1.807) is 0 Å². The summed E-state index contributed by atoms with van der Waals surface area (Å²) in [4.78, 5) is 0. The van der Waals surface area contributed by atoms with E-state index in [0.717, 1.165) is 23.2 Å². The average molecular weight is 209 g/mol. The monoisotopic (exact) mass is 209 g/mol. The maximum absolute atomic E-state index is 3.60. The molecule has 2 saturated carbocycles. The number of rotatable bonds is 4. The Morgan fingerprint density at radius 1 is 1.20 bits per heavy atom. The van der Waals surface area contributed by atoms with E-state index < -0.39 is 0 Å². The Hall–Kier alpha value is -0.0400. The van der Waals surface area contributed by atoms with Gasteiger partial charge >= 0.3 is 0 Å². The SMILES string of the molecule is CCCNCC1CC12CC(C)CCC2C. The van der Waals surface area contributed by atoms with Crippen molar-refractivity contribution in [3.8, 4) is 0 Å². The van der Waals surface area contributed by atoms with Gasteiger partial charge in [0, 0.05) is 0 Å². The number of nitrogens with one attached hydrogen (secondary N) is 1. The topological polar surface area (TPSA) is 12.0 Å². The quantitative estimate of drug-likeness (QED) is 0.699. The standard InChI is InChI=1S/C14H27N/c1-4-7-15-10-13-9-14(13)8-11(2)5-6-12(14)3/h11-13,15H,4-10H2,1-3H3. The summed E-state index contributed by atoms with van der Waals surface area (Å²) in [7, 11) is 0. The van der Waals surface area contributed by atoms with Crippen LogP contribution in [0.1, 0.15) is 52.9 Å². The van der Waals surface area contributed by atoms with Crippen molar-refractivity contribution in [3.63, 3.8) is 0 Å². The van der Waals surface area contributed by atoms with E-state index in [9.17, 15) is 0 Å². The molecule has 0 radical (unpaired) electrons. The van der Waals surface area contributed by atoms with Gasteiger partial charge in [-0.15, -0.1) is 0 Å². The third kappa shape index (κ3) is 2.22. The smallest absolute Gasteiger partial charge is 0.00149 e. The van der Waals surface area contributed by atoms with Crippen LogP contribution in [0.3, 0.4) is 0 Å². The summed E-state index contributed by atoms with van der Waals surface area (Å²) in [5.74, 6) is 2.97. The second-order valence-corrected chi connectivity index (χ2v) is 6.13. The predicted molar refractivity (Wildman–Crippen MR) is 65.9 cm³/mol. The zero-order valence-corrected chi connectivity index (χ0v) is 10.7. The summed E-state index contributed by atoms with van der Waals surface area (Å²) in [5, 5.41) is 3.60. The second-order valence-electron chi connectivity index (χ2n) is 6.13. The molecule has 1 heteroatoms. The molecule has 0 saturated heterocycles. The largest absolute Gasteiger partial charge is 0.316 e. The molecule has 2 aliphatic rings. The Balaban J connectivity index is 1.81. The van der Waals surface area contributed by atoms with Gasteiger partial charge in [-0.25, -0.2) is 0 Å². The first-order chi connectivity index (χ1) is 7.19. The summed E-state index contributed by atoms with van der Waals surface area (Å²) >= 11 is 0. The van der Waals surface area contributed by atoms with Crippen LogP contribution >= 0.6 is 0 Å². The van der Waals surface area contributed by atoms with Gasteiger partial charge < -0.3 is 5.32 Å². The first-order valence-corrected chi connectivity index (χ1v) is 6.89. The van der Waals surface area contributed by atoms with E-state index in [1.807, 2.05) is 0 Å². The molecule has 4 unspecified atom stereocenters. The fourth-order valence-corrected chi connectivity index (χ4v) is 3.76. The second kappa shape index (κ2) is 4.45. The van der Waals surface area contributed by atoms with Crippen LogP contribution in [0.15, 0.2) is 0 Å². The molecule has 0 aliphatic heterocycles. The van der Waals surface area contributed by atoms with E-state index in [4.69, 9.17) is 0 Å². The first kappa shape index (κ1) is 11.4. The van der Waals surface area contributed by atoms with Crippen molar-refractivity contribution in [1.29, 1.82) is 0 Å². The van der Waals surface area contributed by atoms with Crippen LogP contribution in [0.25, 0.3) is 0 Å². The highest BCUT2D eigenvalue weighted by Gasteiger charge is 2.57. The first-order valence-electron chi connectivity index (χ1n) is 6.89. The Labute approximate surface area is 95.0 Å². The highest BCUT2D eigenvalue weighted by atomic mass is 14.9. The van der Waals surface area contributed by atoms with Gasteiger partial charge in [-0.1, -0.05) is 27.2 Å². The van der Waals surface area contributed by atoms with Gasteiger partial charge in [-0.2, -0.15) is 0 Å². The molecule has 1 nitrogen and oxygen atoms in total. The molecule has 15 heavy (non-hydrogen) atoms. The van der Waals surface area contributed by atoms with Crippen molar-refractivity contribution in [2.24, 2.45) is 23.2 Å². The van der Waals surface area contributed by atoms with Gasteiger partial charge in [-0.05, 0) is 61.9 Å². The lowest BCUT2D eigenvalue weighted by molar-refractivity contribution is 0.163. The predicted octanol–water partition coefficient (Wildman–Crippen LogP) is 3.45. The molecule has 0 aromatic heterocycles. The van der Waals surface area contributed by atoms with Crippen LogP contribution in [0, 0.1) is 23.2 Å². The Bertz CT molecular complexity index is 213. The molecule has 2 fully saturated rings. The van der Waals surface area contributed by atoms with Crippen LogP contribution in [0.4, 0.5) is 0 Å². The summed E-state index contributed by atoms with van der Waals surface area (Å²) in [6.07, 6.45) is 7.23. The van der Waals surface area contributed by atoms with Crippen molar-refractivity contribution >= 4 is 0 Å². The van der Waals surface area contributed by atoms with Crippen LogP contribution in [-0.2, 0) is 0 Å². The van der Waals surface area contributed by atoms with E-state index in [1.165, 1.54) is 45.2 Å². The number of hydrogen-bond donors (Lipinski definition) is 1. The van der Waals surface area contributed by atoms with E-state index in [0.29, 0.717) is 0 Å². The van der Waals surface area contributed by atoms with Gasteiger partial charge in [-0.3, -0.25) is 0 Å². The molecule has 0 amide bonds. The Morgan fingerprint density at radius 2 is 2.00 bits per heavy atom. The Morgan fingerprint density at radius 3 is 2.73 bits per heavy atom. The zero-order chi connectivity index (χ0) is 10.9. The van der Waals surface area contributed by atoms with Crippen LogP contribution in [0.2, 0.25) is 0 Å². The van der Waals surface area contributed by atoms with Gasteiger partial charge in [0.15, 0.2) is 0 Å². The molecule has 0 aromatic carbocycles. The maximum Gasteiger partial charge on any atom is -0.00149 e. The van der Waals surface area contributed by atoms with Crippen LogP contribution < -0.4 is 5.32 Å². The molecule has 0 aromatic rings. The fraction of sp³-hybridized carbons (Fsp3) is 1.00. The third-order valence-electron chi connectivity index (χ3n) is 4.90. The molecule has 2 rings (SSSR count). The molecule has 1 spiro atoms. The molecule has 88 valence electrons. The zero-order valence-electron chi connectivity index (χ0n) is 10.7. The molecule has 1 N–H and O–H groups in total. The lowest BCUT2D eigenvalue weighted by atomic mass is 9.71. The van der Waals surface area contributed by atoms with Crippen molar-refractivity contribution in [2.45, 2.75) is 52.9 Å². The minimum atomic E-state index is 0.762. The van der Waals surface area contributed by atoms with Gasteiger partial charge in [0.25, 0.3) is 0 Å². The third-order valence-corrected chi connectivity index (χ3v) is 4.90. The number of hydrogen-bond acceptors (Lipinski definition) is 1. The highest BCUT2D eigenvalue weighted by molar-refractivity contribution is 5.08. The van der Waals surface area contributed by atoms with Gasteiger partial charge in [0.1, 0.15) is 0 Å². The van der Waals surface area contributed by atoms with E-state index in [2.05, 4.69) is 26.1 Å². The maximum atomic E-state index is 3.60. The summed E-state index contributed by atoms with van der Waals surface area (Å²) in [6.45, 7) is 9.68. The van der Waals surface area contributed by atoms with Gasteiger partial charge in [0.2, 0.25) is 0 Å². The van der Waals surface area contributed by atoms with E-state index >= 15 is 0 Å². The molecular formula is C14H27N. The van der Waals surface area contributed by atoms with E-state index in [-0.39, 0.29) is 0 Å². The van der Waals surface area contributed by atoms with Crippen LogP contribution in [0.5, 0.6) is 0 Å². The lowest BCUT2D eigenvalue weighted by Crippen LogP contribution is -2.28. The highest BCUT2D eigenvalue weighted by Crippen LogP contribution is 2.64. The minimum Gasteiger partial charge on any atom is -0.316 e. The van der Waals surface area contributed by atoms with Crippen molar-refractivity contribution in [1.82, 2.24) is 5.32 Å². The molecular weight excluding hydrogens is 182 g/mol. The normalized spacial score (nSPS) is 44.6. The van der Waals surface area contributed by atoms with Crippen molar-refractivity contribution in [3.05, 3.63) is 0 Å². The van der Waals surface area contributed by atoms with Gasteiger partial charge in [0.05, 0.1) is 0 Å². The van der Waals surface area contributed by atoms with Crippen LogP contribution in [-0.4, -0.2) is 13.1 Å². The summed E-state index contributed by atoms with van der Waals surface area (Å²) < 4.78 is 0. The Kier molecular flexibility index (Phi) is 3.39. The summed E-state index contributed by atoms with van der Waals surface area (Å²) in [5.41, 5.74) is 0.762. The fourth-order valence-electron chi connectivity index (χ4n) is 3.76. The lowest BCUT2D eigenvalue weighted by Gasteiger charge is -2.34. The summed E-state index contributed by atoms with van der Waals surface area (Å²) in [6, 6.07) is 0. The molecule has 0 bridgehead atoms. The molecule has 4 atom stereocenters. The average Bonchev–Trinajstić information content (AvgIpc) is 2.88.